The molecular formula is C19H23NO3S. The molecule has 2 aromatic carbocycles. The Bertz CT molecular complexity index is 634. The number of rotatable bonds is 9. The van der Waals surface area contributed by atoms with E-state index in [0.29, 0.717) is 13.0 Å². The summed E-state index contributed by atoms with van der Waals surface area (Å²) in [6.07, 6.45) is 0.291. The molecular weight excluding hydrogens is 322 g/mol. The molecule has 1 amide bonds. The number of hydrogen-bond acceptors (Lipinski definition) is 4. The van der Waals surface area contributed by atoms with Crippen LogP contribution in [0.1, 0.15) is 18.1 Å². The minimum Gasteiger partial charge on any atom is -0.497 e. The van der Waals surface area contributed by atoms with Gasteiger partial charge in [-0.15, -0.1) is 11.8 Å². The third-order valence-electron chi connectivity index (χ3n) is 3.58. The zero-order chi connectivity index (χ0) is 17.2. The first-order valence-electron chi connectivity index (χ1n) is 7.84. The Balaban J connectivity index is 1.76. The van der Waals surface area contributed by atoms with Crippen molar-refractivity contribution >= 4 is 17.7 Å². The molecule has 0 aliphatic carbocycles. The summed E-state index contributed by atoms with van der Waals surface area (Å²) in [4.78, 5) is 13.2. The summed E-state index contributed by atoms with van der Waals surface area (Å²) in [5.74, 6) is 1.57. The van der Waals surface area contributed by atoms with Crippen molar-refractivity contribution in [2.45, 2.75) is 17.4 Å². The zero-order valence-corrected chi connectivity index (χ0v) is 14.8. The number of amides is 1. The lowest BCUT2D eigenvalue weighted by atomic mass is 10.1. The number of nitrogens with one attached hydrogen (secondary N) is 1. The van der Waals surface area contributed by atoms with Crippen LogP contribution in [0.5, 0.6) is 5.75 Å². The predicted molar refractivity (Wildman–Crippen MR) is 97.5 cm³/mol. The Morgan fingerprint density at radius 3 is 2.62 bits per heavy atom. The van der Waals surface area contributed by atoms with Crippen LogP contribution < -0.4 is 10.1 Å². The maximum atomic E-state index is 12.0. The molecule has 128 valence electrons. The molecule has 4 nitrogen and oxygen atoms in total. The monoisotopic (exact) mass is 345 g/mol. The molecule has 0 heterocycles. The van der Waals surface area contributed by atoms with Gasteiger partial charge in [-0.1, -0.05) is 30.3 Å². The third-order valence-corrected chi connectivity index (χ3v) is 4.59. The molecule has 0 aromatic heterocycles. The first-order chi connectivity index (χ1) is 11.7. The van der Waals surface area contributed by atoms with Crippen LogP contribution in [0.4, 0.5) is 0 Å². The highest BCUT2D eigenvalue weighted by molar-refractivity contribution is 7.99. The van der Waals surface area contributed by atoms with Crippen molar-refractivity contribution in [3.05, 3.63) is 60.2 Å². The topological polar surface area (TPSA) is 47.6 Å². The molecule has 0 spiro atoms. The number of carbonyl (C=O) groups is 1. The molecule has 0 fully saturated rings. The van der Waals surface area contributed by atoms with E-state index >= 15 is 0 Å². The van der Waals surface area contributed by atoms with E-state index < -0.39 is 0 Å². The van der Waals surface area contributed by atoms with Crippen LogP contribution in [0.15, 0.2) is 59.5 Å². The van der Waals surface area contributed by atoms with Gasteiger partial charge in [0, 0.05) is 30.7 Å². The molecule has 0 radical (unpaired) electrons. The van der Waals surface area contributed by atoms with Gasteiger partial charge in [-0.3, -0.25) is 4.79 Å². The number of ether oxygens (including phenoxy) is 2. The number of thioether (sulfide) groups is 1. The smallest absolute Gasteiger partial charge is 0.220 e. The molecule has 2 rings (SSSR count). The van der Waals surface area contributed by atoms with Crippen LogP contribution in [-0.2, 0) is 9.53 Å². The molecule has 24 heavy (non-hydrogen) atoms. The number of benzene rings is 2. The van der Waals surface area contributed by atoms with Gasteiger partial charge in [0.2, 0.25) is 5.91 Å². The highest BCUT2D eigenvalue weighted by atomic mass is 32.2. The van der Waals surface area contributed by atoms with Crippen molar-refractivity contribution in [3.8, 4) is 5.75 Å². The summed E-state index contributed by atoms with van der Waals surface area (Å²) in [6, 6.07) is 17.8. The fourth-order valence-corrected chi connectivity index (χ4v) is 3.13. The normalized spacial score (nSPS) is 11.8. The molecule has 2 aromatic rings. The average molecular weight is 345 g/mol. The molecule has 1 atom stereocenters. The van der Waals surface area contributed by atoms with E-state index in [4.69, 9.17) is 9.47 Å². The van der Waals surface area contributed by atoms with Gasteiger partial charge in [0.15, 0.2) is 0 Å². The summed E-state index contributed by atoms with van der Waals surface area (Å²) in [5.41, 5.74) is 0.982. The number of hydrogen-bond donors (Lipinski definition) is 1. The van der Waals surface area contributed by atoms with Crippen molar-refractivity contribution in [3.63, 3.8) is 0 Å². The van der Waals surface area contributed by atoms with Gasteiger partial charge < -0.3 is 14.8 Å². The minimum absolute atomic E-state index is 0.0309. The molecule has 0 unspecified atom stereocenters. The highest BCUT2D eigenvalue weighted by Gasteiger charge is 2.13. The van der Waals surface area contributed by atoms with Crippen molar-refractivity contribution < 1.29 is 14.3 Å². The van der Waals surface area contributed by atoms with Gasteiger partial charge in [-0.05, 0) is 29.8 Å². The SMILES string of the molecule is COc1cccc([C@H](CNC(=O)CCSc2ccccc2)OC)c1. The summed E-state index contributed by atoms with van der Waals surface area (Å²) in [6.45, 7) is 0.443. The Morgan fingerprint density at radius 1 is 1.12 bits per heavy atom. The molecule has 5 heteroatoms. The molecule has 1 N–H and O–H groups in total. The summed E-state index contributed by atoms with van der Waals surface area (Å²) >= 11 is 1.68. The van der Waals surface area contributed by atoms with Crippen LogP contribution in [0.3, 0.4) is 0 Å². The van der Waals surface area contributed by atoms with Gasteiger partial charge in [0.05, 0.1) is 13.2 Å². The fourth-order valence-electron chi connectivity index (χ4n) is 2.25. The van der Waals surface area contributed by atoms with Crippen molar-refractivity contribution in [2.24, 2.45) is 0 Å². The van der Waals surface area contributed by atoms with Crippen LogP contribution in [-0.4, -0.2) is 32.4 Å². The van der Waals surface area contributed by atoms with Gasteiger partial charge in [0.1, 0.15) is 5.75 Å². The molecule has 0 aliphatic heterocycles. The zero-order valence-electron chi connectivity index (χ0n) is 14.0. The Hall–Kier alpha value is -1.98. The van der Waals surface area contributed by atoms with E-state index in [9.17, 15) is 4.79 Å². The van der Waals surface area contributed by atoms with Gasteiger partial charge in [0.25, 0.3) is 0 Å². The van der Waals surface area contributed by atoms with E-state index in [2.05, 4.69) is 5.32 Å². The quantitative estimate of drug-likeness (QED) is 0.704. The Labute approximate surface area is 147 Å². The van der Waals surface area contributed by atoms with E-state index in [1.165, 1.54) is 4.90 Å². The summed E-state index contributed by atoms with van der Waals surface area (Å²) in [5, 5.41) is 2.94. The Morgan fingerprint density at radius 2 is 1.92 bits per heavy atom. The largest absolute Gasteiger partial charge is 0.497 e. The number of carbonyl (C=O) groups excluding carboxylic acids is 1. The maximum Gasteiger partial charge on any atom is 0.220 e. The molecule has 0 aliphatic rings. The van der Waals surface area contributed by atoms with E-state index in [0.717, 1.165) is 17.1 Å². The third kappa shape index (κ3) is 5.91. The second-order valence-corrected chi connectivity index (χ2v) is 6.38. The average Bonchev–Trinajstić information content (AvgIpc) is 2.63. The van der Waals surface area contributed by atoms with E-state index in [1.54, 1.807) is 26.0 Å². The first-order valence-corrected chi connectivity index (χ1v) is 8.82. The lowest BCUT2D eigenvalue weighted by molar-refractivity contribution is -0.121. The Kier molecular flexibility index (Phi) is 7.65. The molecule has 0 saturated carbocycles. The standard InChI is InChI=1S/C19H23NO3S/c1-22-16-8-6-7-15(13-16)18(23-2)14-20-19(21)11-12-24-17-9-4-3-5-10-17/h3-10,13,18H,11-12,14H2,1-2H3,(H,20,21)/t18-/m0/s1. The molecule has 0 saturated heterocycles. The lowest BCUT2D eigenvalue weighted by Crippen LogP contribution is -2.29. The van der Waals surface area contributed by atoms with Crippen LogP contribution in [0.2, 0.25) is 0 Å². The first kappa shape index (κ1) is 18.4. The maximum absolute atomic E-state index is 12.0. The van der Waals surface area contributed by atoms with Crippen molar-refractivity contribution in [1.29, 1.82) is 0 Å². The second kappa shape index (κ2) is 10.0. The van der Waals surface area contributed by atoms with Crippen molar-refractivity contribution in [2.75, 3.05) is 26.5 Å². The van der Waals surface area contributed by atoms with Crippen LogP contribution >= 0.6 is 11.8 Å². The summed E-state index contributed by atoms with van der Waals surface area (Å²) in [7, 11) is 3.27. The van der Waals surface area contributed by atoms with E-state index in [1.807, 2.05) is 54.6 Å². The minimum atomic E-state index is -0.189. The van der Waals surface area contributed by atoms with Gasteiger partial charge in [-0.25, -0.2) is 0 Å². The van der Waals surface area contributed by atoms with E-state index in [-0.39, 0.29) is 12.0 Å². The second-order valence-electron chi connectivity index (χ2n) is 5.22. The van der Waals surface area contributed by atoms with Gasteiger partial charge in [-0.2, -0.15) is 0 Å². The fraction of sp³-hybridized carbons (Fsp3) is 0.316. The summed E-state index contributed by atoms with van der Waals surface area (Å²) < 4.78 is 10.7. The lowest BCUT2D eigenvalue weighted by Gasteiger charge is -2.17. The highest BCUT2D eigenvalue weighted by Crippen LogP contribution is 2.21. The van der Waals surface area contributed by atoms with Crippen LogP contribution in [0, 0.1) is 0 Å². The predicted octanol–water partition coefficient (Wildman–Crippen LogP) is 3.68. The molecule has 0 bridgehead atoms. The van der Waals surface area contributed by atoms with Gasteiger partial charge >= 0.3 is 0 Å². The number of methoxy groups -OCH3 is 2. The van der Waals surface area contributed by atoms with Crippen LogP contribution in [0.25, 0.3) is 0 Å². The van der Waals surface area contributed by atoms with Crippen molar-refractivity contribution in [1.82, 2.24) is 5.32 Å².